The van der Waals surface area contributed by atoms with Gasteiger partial charge in [-0.2, -0.15) is 5.10 Å². The molecule has 4 heterocycles. The Morgan fingerprint density at radius 3 is 3.00 bits per heavy atom. The zero-order valence-corrected chi connectivity index (χ0v) is 15.0. The first-order valence-electron chi connectivity index (χ1n) is 8.66. The van der Waals surface area contributed by atoms with Gasteiger partial charge >= 0.3 is 0 Å². The van der Waals surface area contributed by atoms with E-state index in [-0.39, 0.29) is 11.3 Å². The molecule has 128 valence electrons. The first-order chi connectivity index (χ1) is 11.6. The highest BCUT2D eigenvalue weighted by molar-refractivity contribution is 7.12. The smallest absolute Gasteiger partial charge is 0.263 e. The largest absolute Gasteiger partial charge is 0.337 e. The van der Waals surface area contributed by atoms with Crippen LogP contribution in [0, 0.1) is 5.41 Å². The van der Waals surface area contributed by atoms with Gasteiger partial charge in [0, 0.05) is 50.4 Å². The molecule has 1 spiro atoms. The first-order valence-corrected chi connectivity index (χ1v) is 9.54. The van der Waals surface area contributed by atoms with Crippen LogP contribution >= 0.6 is 11.3 Å². The third-order valence-electron chi connectivity index (χ3n) is 5.36. The molecule has 2 aromatic rings. The van der Waals surface area contributed by atoms with Crippen LogP contribution in [0.15, 0.2) is 29.9 Å². The molecule has 0 unspecified atom stereocenters. The van der Waals surface area contributed by atoms with Crippen molar-refractivity contribution in [3.05, 3.63) is 40.3 Å². The minimum absolute atomic E-state index is 0.214. The summed E-state index contributed by atoms with van der Waals surface area (Å²) in [6, 6.07) is 3.90. The standard InChI is InChI=1S/C18H24N4OS/c1-20-11-15(10-19-20)12-21-7-3-5-18(13-21)6-8-22(14-18)17(23)16-4-2-9-24-16/h2,4,9-11H,3,5-8,12-14H2,1H3/t18-/m0/s1. The fraction of sp³-hybridized carbons (Fsp3) is 0.556. The Hall–Kier alpha value is -1.66. The van der Waals surface area contributed by atoms with Crippen molar-refractivity contribution >= 4 is 17.2 Å². The lowest BCUT2D eigenvalue weighted by molar-refractivity contribution is 0.0679. The molecule has 2 aliphatic heterocycles. The summed E-state index contributed by atoms with van der Waals surface area (Å²) in [4.78, 5) is 18.1. The molecule has 2 aromatic heterocycles. The van der Waals surface area contributed by atoms with Crippen LogP contribution in [0.1, 0.15) is 34.5 Å². The highest BCUT2D eigenvalue weighted by atomic mass is 32.1. The zero-order valence-electron chi connectivity index (χ0n) is 14.1. The predicted octanol–water partition coefficient (Wildman–Crippen LogP) is 2.61. The van der Waals surface area contributed by atoms with Gasteiger partial charge < -0.3 is 4.90 Å². The third kappa shape index (κ3) is 3.13. The van der Waals surface area contributed by atoms with E-state index in [1.54, 1.807) is 11.3 Å². The van der Waals surface area contributed by atoms with E-state index >= 15 is 0 Å². The van der Waals surface area contributed by atoms with E-state index < -0.39 is 0 Å². The van der Waals surface area contributed by atoms with E-state index in [1.165, 1.54) is 18.4 Å². The molecule has 5 nitrogen and oxygen atoms in total. The Balaban J connectivity index is 1.41. The molecule has 2 fully saturated rings. The summed E-state index contributed by atoms with van der Waals surface area (Å²) >= 11 is 1.55. The number of rotatable bonds is 3. The molecule has 4 rings (SSSR count). The van der Waals surface area contributed by atoms with E-state index in [1.807, 2.05) is 35.4 Å². The monoisotopic (exact) mass is 344 g/mol. The lowest BCUT2D eigenvalue weighted by atomic mass is 9.79. The summed E-state index contributed by atoms with van der Waals surface area (Å²) in [5.41, 5.74) is 1.56. The molecule has 0 bridgehead atoms. The molecular formula is C18H24N4OS. The zero-order chi connectivity index (χ0) is 16.6. The SMILES string of the molecule is Cn1cc(CN2CCC[C@]3(CCN(C(=O)c4cccs4)C3)C2)cn1. The normalized spacial score (nSPS) is 24.8. The number of carbonyl (C=O) groups is 1. The number of aryl methyl sites for hydroxylation is 1. The molecule has 0 aromatic carbocycles. The van der Waals surface area contributed by atoms with E-state index in [0.717, 1.165) is 44.0 Å². The van der Waals surface area contributed by atoms with Crippen LogP contribution in [-0.2, 0) is 13.6 Å². The van der Waals surface area contributed by atoms with Crippen molar-refractivity contribution < 1.29 is 4.79 Å². The number of piperidine rings is 1. The van der Waals surface area contributed by atoms with Crippen molar-refractivity contribution in [2.45, 2.75) is 25.8 Å². The van der Waals surface area contributed by atoms with Gasteiger partial charge in [0.15, 0.2) is 0 Å². The van der Waals surface area contributed by atoms with Gasteiger partial charge in [-0.25, -0.2) is 0 Å². The molecule has 24 heavy (non-hydrogen) atoms. The van der Waals surface area contributed by atoms with Gasteiger partial charge in [-0.05, 0) is 37.3 Å². The number of thiophene rings is 1. The molecule has 6 heteroatoms. The minimum atomic E-state index is 0.214. The highest BCUT2D eigenvalue weighted by Crippen LogP contribution is 2.40. The van der Waals surface area contributed by atoms with Crippen LogP contribution in [0.4, 0.5) is 0 Å². The number of amides is 1. The van der Waals surface area contributed by atoms with Crippen LogP contribution in [0.5, 0.6) is 0 Å². The summed E-state index contributed by atoms with van der Waals surface area (Å²) in [5, 5.41) is 6.25. The molecule has 1 amide bonds. The van der Waals surface area contributed by atoms with Crippen molar-refractivity contribution in [1.29, 1.82) is 0 Å². The highest BCUT2D eigenvalue weighted by Gasteiger charge is 2.42. The van der Waals surface area contributed by atoms with Crippen LogP contribution < -0.4 is 0 Å². The maximum absolute atomic E-state index is 12.6. The lowest BCUT2D eigenvalue weighted by Gasteiger charge is -2.40. The molecule has 2 aliphatic rings. The van der Waals surface area contributed by atoms with Crippen molar-refractivity contribution in [2.75, 3.05) is 26.2 Å². The summed E-state index contributed by atoms with van der Waals surface area (Å²) in [6.07, 6.45) is 7.66. The van der Waals surface area contributed by atoms with Crippen LogP contribution in [0.2, 0.25) is 0 Å². The van der Waals surface area contributed by atoms with Crippen molar-refractivity contribution in [1.82, 2.24) is 19.6 Å². The molecular weight excluding hydrogens is 320 g/mol. The Morgan fingerprint density at radius 2 is 2.25 bits per heavy atom. The summed E-state index contributed by atoms with van der Waals surface area (Å²) in [5.74, 6) is 0.214. The van der Waals surface area contributed by atoms with Crippen LogP contribution in [0.25, 0.3) is 0 Å². The second-order valence-corrected chi connectivity index (χ2v) is 8.24. The average molecular weight is 344 g/mol. The van der Waals surface area contributed by atoms with E-state index in [0.29, 0.717) is 0 Å². The fourth-order valence-corrected chi connectivity index (χ4v) is 4.95. The molecule has 1 atom stereocenters. The second-order valence-electron chi connectivity index (χ2n) is 7.29. The molecule has 0 aliphatic carbocycles. The van der Waals surface area contributed by atoms with Gasteiger partial charge in [0.05, 0.1) is 11.1 Å². The Kier molecular flexibility index (Phi) is 4.18. The van der Waals surface area contributed by atoms with Gasteiger partial charge in [0.2, 0.25) is 0 Å². The minimum Gasteiger partial charge on any atom is -0.337 e. The number of carbonyl (C=O) groups excluding carboxylic acids is 1. The first kappa shape index (κ1) is 15.8. The van der Waals surface area contributed by atoms with Gasteiger partial charge in [0.1, 0.15) is 0 Å². The number of aromatic nitrogens is 2. The number of hydrogen-bond donors (Lipinski definition) is 0. The summed E-state index contributed by atoms with van der Waals surface area (Å²) < 4.78 is 1.87. The summed E-state index contributed by atoms with van der Waals surface area (Å²) in [6.45, 7) is 5.02. The summed E-state index contributed by atoms with van der Waals surface area (Å²) in [7, 11) is 1.96. The lowest BCUT2D eigenvalue weighted by Crippen LogP contribution is -2.44. The van der Waals surface area contributed by atoms with Gasteiger partial charge in [-0.15, -0.1) is 11.3 Å². The van der Waals surface area contributed by atoms with Gasteiger partial charge in [-0.3, -0.25) is 14.4 Å². The average Bonchev–Trinajstić information content (AvgIpc) is 3.29. The predicted molar refractivity (Wildman–Crippen MR) is 95.0 cm³/mol. The van der Waals surface area contributed by atoms with E-state index in [2.05, 4.69) is 21.1 Å². The van der Waals surface area contributed by atoms with Crippen molar-refractivity contribution in [3.63, 3.8) is 0 Å². The van der Waals surface area contributed by atoms with Gasteiger partial charge in [-0.1, -0.05) is 6.07 Å². The van der Waals surface area contributed by atoms with Crippen molar-refractivity contribution in [3.8, 4) is 0 Å². The Labute approximate surface area is 146 Å². The van der Waals surface area contributed by atoms with Gasteiger partial charge in [0.25, 0.3) is 5.91 Å². The third-order valence-corrected chi connectivity index (χ3v) is 6.22. The maximum Gasteiger partial charge on any atom is 0.263 e. The van der Waals surface area contributed by atoms with Crippen molar-refractivity contribution in [2.24, 2.45) is 12.5 Å². The fourth-order valence-electron chi connectivity index (χ4n) is 4.25. The molecule has 0 saturated carbocycles. The number of likely N-dealkylation sites (tertiary alicyclic amines) is 2. The topological polar surface area (TPSA) is 41.4 Å². The second kappa shape index (κ2) is 6.33. The molecule has 0 radical (unpaired) electrons. The quantitative estimate of drug-likeness (QED) is 0.859. The number of nitrogens with zero attached hydrogens (tertiary/aromatic N) is 4. The molecule has 2 saturated heterocycles. The van der Waals surface area contributed by atoms with Crippen LogP contribution in [0.3, 0.4) is 0 Å². The van der Waals surface area contributed by atoms with E-state index in [9.17, 15) is 4.79 Å². The Morgan fingerprint density at radius 1 is 1.33 bits per heavy atom. The van der Waals surface area contributed by atoms with Crippen LogP contribution in [-0.4, -0.2) is 51.7 Å². The number of hydrogen-bond acceptors (Lipinski definition) is 4. The van der Waals surface area contributed by atoms with E-state index in [4.69, 9.17) is 0 Å². The Bertz CT molecular complexity index is 710. The molecule has 0 N–H and O–H groups in total. The maximum atomic E-state index is 12.6.